The highest BCUT2D eigenvalue weighted by atomic mass is 32.2. The van der Waals surface area contributed by atoms with Crippen LogP contribution in [0.3, 0.4) is 0 Å². The molecular formula is C10H11N3O2S. The molecule has 0 unspecified atom stereocenters. The monoisotopic (exact) mass is 237 g/mol. The van der Waals surface area contributed by atoms with Crippen molar-refractivity contribution in [1.29, 1.82) is 0 Å². The first-order valence-electron chi connectivity index (χ1n) is 4.61. The number of rotatable bonds is 3. The topological polar surface area (TPSA) is 74.8 Å². The Morgan fingerprint density at radius 2 is 1.94 bits per heavy atom. The molecule has 16 heavy (non-hydrogen) atoms. The summed E-state index contributed by atoms with van der Waals surface area (Å²) in [6.07, 6.45) is 4.42. The van der Waals surface area contributed by atoms with E-state index in [2.05, 4.69) is 14.7 Å². The van der Waals surface area contributed by atoms with Crippen molar-refractivity contribution in [3.05, 3.63) is 36.8 Å². The molecule has 0 aliphatic carbocycles. The van der Waals surface area contributed by atoms with Crippen LogP contribution in [-0.4, -0.2) is 24.6 Å². The number of aromatic amines is 1. The molecule has 1 aromatic heterocycles. The lowest BCUT2D eigenvalue weighted by atomic mass is 10.1. The predicted octanol–water partition coefficient (Wildman–Crippen LogP) is 1.45. The molecule has 0 bridgehead atoms. The Morgan fingerprint density at radius 1 is 1.25 bits per heavy atom. The van der Waals surface area contributed by atoms with Gasteiger partial charge >= 0.3 is 0 Å². The van der Waals surface area contributed by atoms with Gasteiger partial charge in [0, 0.05) is 5.69 Å². The lowest BCUT2D eigenvalue weighted by Gasteiger charge is -2.04. The van der Waals surface area contributed by atoms with Gasteiger partial charge in [-0.05, 0) is 17.7 Å². The molecule has 0 fully saturated rings. The summed E-state index contributed by atoms with van der Waals surface area (Å²) < 4.78 is 24.4. The Morgan fingerprint density at radius 3 is 2.44 bits per heavy atom. The van der Waals surface area contributed by atoms with E-state index in [9.17, 15) is 8.42 Å². The van der Waals surface area contributed by atoms with E-state index in [0.29, 0.717) is 5.69 Å². The largest absolute Gasteiger partial charge is 0.345 e. The van der Waals surface area contributed by atoms with Crippen LogP contribution in [0.2, 0.25) is 0 Å². The quantitative estimate of drug-likeness (QED) is 0.848. The zero-order chi connectivity index (χ0) is 11.6. The zero-order valence-electron chi connectivity index (χ0n) is 8.64. The molecule has 0 saturated heterocycles. The molecule has 5 nitrogen and oxygen atoms in total. The van der Waals surface area contributed by atoms with Gasteiger partial charge in [0.1, 0.15) is 0 Å². The summed E-state index contributed by atoms with van der Waals surface area (Å²) >= 11 is 0. The number of benzene rings is 1. The van der Waals surface area contributed by atoms with Gasteiger partial charge in [0.15, 0.2) is 0 Å². The third kappa shape index (κ3) is 2.60. The molecule has 84 valence electrons. The fraction of sp³-hybridized carbons (Fsp3) is 0.100. The van der Waals surface area contributed by atoms with Crippen molar-refractivity contribution in [3.8, 4) is 11.3 Å². The van der Waals surface area contributed by atoms with E-state index in [4.69, 9.17) is 0 Å². The van der Waals surface area contributed by atoms with E-state index in [1.807, 2.05) is 12.1 Å². The van der Waals surface area contributed by atoms with Gasteiger partial charge in [0.25, 0.3) is 0 Å². The molecule has 0 aliphatic rings. The fourth-order valence-corrected chi connectivity index (χ4v) is 1.91. The molecule has 2 N–H and O–H groups in total. The Hall–Kier alpha value is -1.82. The Bertz CT molecular complexity index is 559. The normalized spacial score (nSPS) is 11.3. The molecule has 0 aliphatic heterocycles. The third-order valence-electron chi connectivity index (χ3n) is 2.00. The summed E-state index contributed by atoms with van der Waals surface area (Å²) in [5, 5.41) is 0. The highest BCUT2D eigenvalue weighted by molar-refractivity contribution is 7.92. The maximum atomic E-state index is 11.0. The van der Waals surface area contributed by atoms with E-state index in [0.717, 1.165) is 17.5 Å². The van der Waals surface area contributed by atoms with Crippen LogP contribution >= 0.6 is 0 Å². The van der Waals surface area contributed by atoms with E-state index < -0.39 is 10.0 Å². The molecule has 0 amide bonds. The molecule has 2 aromatic rings. The highest BCUT2D eigenvalue weighted by Crippen LogP contribution is 2.18. The van der Waals surface area contributed by atoms with Crippen molar-refractivity contribution in [2.24, 2.45) is 0 Å². The van der Waals surface area contributed by atoms with Gasteiger partial charge in [0.2, 0.25) is 10.0 Å². The minimum Gasteiger partial charge on any atom is -0.345 e. The lowest BCUT2D eigenvalue weighted by Crippen LogP contribution is -2.09. The SMILES string of the molecule is CS(=O)(=O)Nc1ccc(-c2cnc[nH]2)cc1. The molecule has 1 aromatic carbocycles. The number of hydrogen-bond donors (Lipinski definition) is 2. The highest BCUT2D eigenvalue weighted by Gasteiger charge is 2.02. The molecule has 0 atom stereocenters. The second-order valence-electron chi connectivity index (χ2n) is 3.42. The van der Waals surface area contributed by atoms with Gasteiger partial charge in [-0.1, -0.05) is 12.1 Å². The van der Waals surface area contributed by atoms with Gasteiger partial charge in [-0.3, -0.25) is 4.72 Å². The number of imidazole rings is 1. The van der Waals surface area contributed by atoms with Gasteiger partial charge in [0.05, 0.1) is 24.5 Å². The summed E-state index contributed by atoms with van der Waals surface area (Å²) in [5.41, 5.74) is 2.40. The van der Waals surface area contributed by atoms with Gasteiger partial charge < -0.3 is 4.98 Å². The van der Waals surface area contributed by atoms with Crippen molar-refractivity contribution in [3.63, 3.8) is 0 Å². The standard InChI is InChI=1S/C10H11N3O2S/c1-16(14,15)13-9-4-2-8(3-5-9)10-6-11-7-12-10/h2-7,13H,1H3,(H,11,12). The number of aromatic nitrogens is 2. The van der Waals surface area contributed by atoms with Crippen LogP contribution in [0.15, 0.2) is 36.8 Å². The molecule has 0 radical (unpaired) electrons. The van der Waals surface area contributed by atoms with Gasteiger partial charge in [-0.2, -0.15) is 0 Å². The predicted molar refractivity (Wildman–Crippen MR) is 62.5 cm³/mol. The minimum absolute atomic E-state index is 0.547. The summed E-state index contributed by atoms with van der Waals surface area (Å²) in [5.74, 6) is 0. The second-order valence-corrected chi connectivity index (χ2v) is 5.17. The van der Waals surface area contributed by atoms with Crippen molar-refractivity contribution >= 4 is 15.7 Å². The minimum atomic E-state index is -3.21. The van der Waals surface area contributed by atoms with E-state index in [-0.39, 0.29) is 0 Å². The number of anilines is 1. The molecular weight excluding hydrogens is 226 g/mol. The Balaban J connectivity index is 2.24. The smallest absolute Gasteiger partial charge is 0.229 e. The third-order valence-corrected chi connectivity index (χ3v) is 2.60. The molecule has 0 saturated carbocycles. The molecule has 0 spiro atoms. The van der Waals surface area contributed by atoms with Crippen LogP contribution in [0.5, 0.6) is 0 Å². The summed E-state index contributed by atoms with van der Waals surface area (Å²) in [6, 6.07) is 7.05. The first kappa shape index (κ1) is 10.7. The van der Waals surface area contributed by atoms with Crippen LogP contribution in [0.25, 0.3) is 11.3 Å². The summed E-state index contributed by atoms with van der Waals surface area (Å²) in [4.78, 5) is 6.88. The Kier molecular flexibility index (Phi) is 2.66. The first-order valence-corrected chi connectivity index (χ1v) is 6.50. The number of nitrogens with one attached hydrogen (secondary N) is 2. The van der Waals surface area contributed by atoms with E-state index >= 15 is 0 Å². The fourth-order valence-electron chi connectivity index (χ4n) is 1.35. The summed E-state index contributed by atoms with van der Waals surface area (Å²) in [6.45, 7) is 0. The second kappa shape index (κ2) is 3.97. The number of H-pyrrole nitrogens is 1. The summed E-state index contributed by atoms with van der Waals surface area (Å²) in [7, 11) is -3.21. The van der Waals surface area contributed by atoms with Crippen LogP contribution in [-0.2, 0) is 10.0 Å². The number of sulfonamides is 1. The van der Waals surface area contributed by atoms with Crippen molar-refractivity contribution in [1.82, 2.24) is 9.97 Å². The maximum Gasteiger partial charge on any atom is 0.229 e. The van der Waals surface area contributed by atoms with Crippen molar-refractivity contribution in [2.45, 2.75) is 0 Å². The molecule has 2 rings (SSSR count). The average Bonchev–Trinajstić information content (AvgIpc) is 2.69. The van der Waals surface area contributed by atoms with Crippen LogP contribution in [0, 0.1) is 0 Å². The number of hydrogen-bond acceptors (Lipinski definition) is 3. The first-order chi connectivity index (χ1) is 7.54. The van der Waals surface area contributed by atoms with Crippen molar-refractivity contribution in [2.75, 3.05) is 11.0 Å². The zero-order valence-corrected chi connectivity index (χ0v) is 9.45. The van der Waals surface area contributed by atoms with Gasteiger partial charge in [-0.15, -0.1) is 0 Å². The maximum absolute atomic E-state index is 11.0. The Labute approximate surface area is 93.6 Å². The van der Waals surface area contributed by atoms with Crippen LogP contribution in [0.4, 0.5) is 5.69 Å². The van der Waals surface area contributed by atoms with E-state index in [1.165, 1.54) is 0 Å². The average molecular weight is 237 g/mol. The van der Waals surface area contributed by atoms with Crippen LogP contribution in [0.1, 0.15) is 0 Å². The van der Waals surface area contributed by atoms with Gasteiger partial charge in [-0.25, -0.2) is 13.4 Å². The molecule has 1 heterocycles. The van der Waals surface area contributed by atoms with E-state index in [1.54, 1.807) is 24.7 Å². The number of nitrogens with zero attached hydrogens (tertiary/aromatic N) is 1. The van der Waals surface area contributed by atoms with Crippen LogP contribution < -0.4 is 4.72 Å². The lowest BCUT2D eigenvalue weighted by molar-refractivity contribution is 0.607. The van der Waals surface area contributed by atoms with Crippen molar-refractivity contribution < 1.29 is 8.42 Å². The molecule has 6 heteroatoms.